The fourth-order valence-electron chi connectivity index (χ4n) is 2.55. The normalized spacial score (nSPS) is 27.3. The summed E-state index contributed by atoms with van der Waals surface area (Å²) < 4.78 is 27.8. The van der Waals surface area contributed by atoms with Gasteiger partial charge in [0.05, 0.1) is 24.0 Å². The van der Waals surface area contributed by atoms with Gasteiger partial charge in [-0.3, -0.25) is 4.79 Å². The summed E-state index contributed by atoms with van der Waals surface area (Å²) in [5.41, 5.74) is 0. The molecular weight excluding hydrogens is 272 g/mol. The van der Waals surface area contributed by atoms with Gasteiger partial charge >= 0.3 is 12.0 Å². The van der Waals surface area contributed by atoms with Crippen molar-refractivity contribution in [2.24, 2.45) is 0 Å². The summed E-state index contributed by atoms with van der Waals surface area (Å²) in [6, 6.07) is -0.510. The maximum Gasteiger partial charge on any atom is 0.317 e. The molecule has 1 N–H and O–H groups in total. The molecule has 2 aliphatic heterocycles. The van der Waals surface area contributed by atoms with Crippen LogP contribution in [0, 0.1) is 0 Å². The molecule has 2 atom stereocenters. The van der Waals surface area contributed by atoms with E-state index in [4.69, 9.17) is 4.74 Å². The number of sulfone groups is 1. The topological polar surface area (TPSA) is 92.8 Å². The lowest BCUT2D eigenvalue weighted by Gasteiger charge is -2.26. The van der Waals surface area contributed by atoms with Crippen molar-refractivity contribution in [1.82, 2.24) is 10.2 Å². The van der Waals surface area contributed by atoms with Gasteiger partial charge in [-0.15, -0.1) is 0 Å². The first-order valence-corrected chi connectivity index (χ1v) is 8.07. The number of ether oxygens (including phenoxy) is 1. The number of amides is 2. The zero-order valence-corrected chi connectivity index (χ0v) is 11.6. The van der Waals surface area contributed by atoms with Crippen LogP contribution in [0.2, 0.25) is 0 Å². The number of hydrogen-bond donors (Lipinski definition) is 1. The molecule has 2 amide bonds. The molecule has 0 spiro atoms. The Labute approximate surface area is 112 Å². The highest BCUT2D eigenvalue weighted by molar-refractivity contribution is 7.92. The molecule has 2 fully saturated rings. The van der Waals surface area contributed by atoms with Crippen LogP contribution < -0.4 is 5.32 Å². The highest BCUT2D eigenvalue weighted by atomic mass is 32.2. The van der Waals surface area contributed by atoms with Crippen molar-refractivity contribution in [3.63, 3.8) is 0 Å². The number of hydrogen-bond acceptors (Lipinski definition) is 5. The van der Waals surface area contributed by atoms with Crippen LogP contribution in [0.1, 0.15) is 19.8 Å². The molecule has 2 rings (SSSR count). The highest BCUT2D eigenvalue weighted by Gasteiger charge is 2.49. The zero-order valence-electron chi connectivity index (χ0n) is 10.8. The summed E-state index contributed by atoms with van der Waals surface area (Å²) >= 11 is 0. The first kappa shape index (κ1) is 14.1. The number of likely N-dealkylation sites (tertiary alicyclic amines) is 1. The maximum atomic E-state index is 11.9. The molecule has 2 aliphatic rings. The minimum atomic E-state index is -2.99. The molecule has 108 valence electrons. The van der Waals surface area contributed by atoms with Gasteiger partial charge in [-0.25, -0.2) is 13.2 Å². The number of nitrogens with one attached hydrogen (secondary N) is 1. The van der Waals surface area contributed by atoms with Crippen LogP contribution in [-0.2, 0) is 19.4 Å². The van der Waals surface area contributed by atoms with E-state index in [2.05, 4.69) is 5.32 Å². The van der Waals surface area contributed by atoms with Gasteiger partial charge in [-0.2, -0.15) is 0 Å². The molecule has 0 aromatic heterocycles. The van der Waals surface area contributed by atoms with Crippen molar-refractivity contribution in [3.8, 4) is 0 Å². The van der Waals surface area contributed by atoms with E-state index in [1.54, 1.807) is 11.8 Å². The summed E-state index contributed by atoms with van der Waals surface area (Å²) in [7, 11) is -2.99. The molecule has 0 saturated carbocycles. The Morgan fingerprint density at radius 1 is 1.42 bits per heavy atom. The van der Waals surface area contributed by atoms with E-state index >= 15 is 0 Å². The van der Waals surface area contributed by atoms with Crippen LogP contribution >= 0.6 is 0 Å². The maximum absolute atomic E-state index is 11.9. The molecular formula is C11H18N2O5S. The van der Waals surface area contributed by atoms with E-state index in [9.17, 15) is 18.0 Å². The van der Waals surface area contributed by atoms with Gasteiger partial charge in [0.1, 0.15) is 0 Å². The van der Waals surface area contributed by atoms with Gasteiger partial charge in [-0.1, -0.05) is 0 Å². The van der Waals surface area contributed by atoms with Crippen LogP contribution in [0.4, 0.5) is 4.79 Å². The van der Waals surface area contributed by atoms with Crippen LogP contribution in [0.25, 0.3) is 0 Å². The van der Waals surface area contributed by atoms with Gasteiger partial charge in [0.25, 0.3) is 0 Å². The summed E-state index contributed by atoms with van der Waals surface area (Å²) in [6.45, 7) is 2.51. The molecule has 0 radical (unpaired) electrons. The Kier molecular flexibility index (Phi) is 3.98. The number of esters is 1. The van der Waals surface area contributed by atoms with Gasteiger partial charge in [0.15, 0.2) is 9.84 Å². The lowest BCUT2D eigenvalue weighted by molar-refractivity contribution is -0.142. The molecule has 2 bridgehead atoms. The largest absolute Gasteiger partial charge is 0.466 e. The Bertz CT molecular complexity index is 475. The average Bonchev–Trinajstić information content (AvgIpc) is 2.84. The minimum absolute atomic E-state index is 0.0585. The van der Waals surface area contributed by atoms with Crippen molar-refractivity contribution in [1.29, 1.82) is 0 Å². The third kappa shape index (κ3) is 2.99. The predicted molar refractivity (Wildman–Crippen MR) is 67.3 cm³/mol. The van der Waals surface area contributed by atoms with Crippen molar-refractivity contribution >= 4 is 21.8 Å². The van der Waals surface area contributed by atoms with Crippen molar-refractivity contribution in [2.75, 3.05) is 25.4 Å². The molecule has 2 saturated heterocycles. The van der Waals surface area contributed by atoms with E-state index in [1.165, 1.54) is 0 Å². The Balaban J connectivity index is 1.76. The lowest BCUT2D eigenvalue weighted by Crippen LogP contribution is -2.48. The van der Waals surface area contributed by atoms with E-state index < -0.39 is 15.1 Å². The molecule has 7 nitrogen and oxygen atoms in total. The first-order chi connectivity index (χ1) is 8.94. The van der Waals surface area contributed by atoms with Gasteiger partial charge < -0.3 is 15.0 Å². The van der Waals surface area contributed by atoms with Crippen molar-refractivity contribution < 1.29 is 22.7 Å². The van der Waals surface area contributed by atoms with Crippen LogP contribution in [0.3, 0.4) is 0 Å². The van der Waals surface area contributed by atoms with Crippen molar-refractivity contribution in [2.45, 2.75) is 31.1 Å². The minimum Gasteiger partial charge on any atom is -0.466 e. The second-order valence-electron chi connectivity index (χ2n) is 4.78. The van der Waals surface area contributed by atoms with Crippen LogP contribution in [0.5, 0.6) is 0 Å². The Morgan fingerprint density at radius 3 is 2.68 bits per heavy atom. The Morgan fingerprint density at radius 2 is 2.16 bits per heavy atom. The number of carbonyl (C=O) groups is 2. The number of carbonyl (C=O) groups excluding carboxylic acids is 2. The molecule has 0 aliphatic carbocycles. The van der Waals surface area contributed by atoms with E-state index in [0.29, 0.717) is 13.0 Å². The SMILES string of the molecule is CCOC(=O)CCNC(=O)N1C[C@H]2C[C@H]1CS2(=O)=O. The fourth-order valence-corrected chi connectivity index (χ4v) is 4.58. The van der Waals surface area contributed by atoms with E-state index in [0.717, 1.165) is 0 Å². The number of nitrogens with zero attached hydrogens (tertiary/aromatic N) is 1. The molecule has 0 aromatic carbocycles. The first-order valence-electron chi connectivity index (χ1n) is 6.35. The second-order valence-corrected chi connectivity index (χ2v) is 7.11. The highest BCUT2D eigenvalue weighted by Crippen LogP contribution is 2.32. The standard InChI is InChI=1S/C11H18N2O5S/c1-2-18-10(14)3-4-12-11(15)13-6-9-5-8(13)7-19(9,16)17/h8-9H,2-7H2,1H3,(H,12,15)/t8-,9+/m0/s1. The Hall–Kier alpha value is -1.31. The fraction of sp³-hybridized carbons (Fsp3) is 0.818. The van der Waals surface area contributed by atoms with Crippen LogP contribution in [0.15, 0.2) is 0 Å². The lowest BCUT2D eigenvalue weighted by atomic mass is 10.2. The molecule has 0 unspecified atom stereocenters. The molecule has 2 heterocycles. The summed E-state index contributed by atoms with van der Waals surface area (Å²) in [6.07, 6.45) is 0.660. The summed E-state index contributed by atoms with van der Waals surface area (Å²) in [4.78, 5) is 24.5. The third-order valence-corrected chi connectivity index (χ3v) is 5.69. The van der Waals surface area contributed by atoms with Gasteiger partial charge in [-0.05, 0) is 13.3 Å². The summed E-state index contributed by atoms with van der Waals surface area (Å²) in [5, 5.41) is 2.21. The number of rotatable bonds is 4. The number of fused-ring (bicyclic) bond motifs is 2. The second kappa shape index (κ2) is 5.36. The van der Waals surface area contributed by atoms with Crippen LogP contribution in [-0.4, -0.2) is 62.1 Å². The van der Waals surface area contributed by atoms with E-state index in [-0.39, 0.29) is 43.3 Å². The predicted octanol–water partition coefficient (Wildman–Crippen LogP) is -0.479. The molecule has 8 heteroatoms. The summed E-state index contributed by atoms with van der Waals surface area (Å²) in [5.74, 6) is -0.295. The smallest absolute Gasteiger partial charge is 0.317 e. The molecule has 19 heavy (non-hydrogen) atoms. The zero-order chi connectivity index (χ0) is 14.0. The molecule has 0 aromatic rings. The van der Waals surface area contributed by atoms with Gasteiger partial charge in [0, 0.05) is 19.1 Å². The van der Waals surface area contributed by atoms with Crippen molar-refractivity contribution in [3.05, 3.63) is 0 Å². The third-order valence-electron chi connectivity index (χ3n) is 3.48. The van der Waals surface area contributed by atoms with E-state index in [1.807, 2.05) is 0 Å². The average molecular weight is 290 g/mol. The van der Waals surface area contributed by atoms with Gasteiger partial charge in [0.2, 0.25) is 0 Å². The number of urea groups is 1. The quantitative estimate of drug-likeness (QED) is 0.706. The monoisotopic (exact) mass is 290 g/mol.